The van der Waals surface area contributed by atoms with Crippen LogP contribution in [-0.4, -0.2) is 5.78 Å². The number of unbranched alkanes of at least 4 members (excludes halogenated alkanes) is 1. The molecule has 0 N–H and O–H groups in total. The van der Waals surface area contributed by atoms with Crippen LogP contribution in [0.2, 0.25) is 0 Å². The smallest absolute Gasteiger partial charge is 0.205 e. The summed E-state index contributed by atoms with van der Waals surface area (Å²) in [6.07, 6.45) is 9.00. The van der Waals surface area contributed by atoms with E-state index in [2.05, 4.69) is 19.8 Å². The first-order valence-corrected chi connectivity index (χ1v) is 4.20. The number of carbonyl (C=O) groups is 1. The van der Waals surface area contributed by atoms with Gasteiger partial charge in [-0.3, -0.25) is 4.79 Å². The molecule has 0 bridgehead atoms. The molecule has 0 saturated heterocycles. The number of carbonyl (C=O) groups excluding carboxylic acids is 1. The van der Waals surface area contributed by atoms with Crippen molar-refractivity contribution in [2.45, 2.75) is 39.5 Å². The Bertz CT molecular complexity index is 153. The van der Waals surface area contributed by atoms with Gasteiger partial charge in [-0.2, -0.15) is 0 Å². The molecule has 1 heteroatoms. The molecule has 0 heterocycles. The Kier molecular flexibility index (Phi) is 5.56. The molecule has 0 spiro atoms. The summed E-state index contributed by atoms with van der Waals surface area (Å²) in [5.41, 5.74) is 0. The van der Waals surface area contributed by atoms with Gasteiger partial charge in [-0.1, -0.05) is 33.1 Å². The molecule has 1 atom stereocenters. The van der Waals surface area contributed by atoms with Crippen molar-refractivity contribution < 1.29 is 4.79 Å². The van der Waals surface area contributed by atoms with Gasteiger partial charge in [-0.25, -0.2) is 0 Å². The van der Waals surface area contributed by atoms with Crippen molar-refractivity contribution in [3.05, 3.63) is 0 Å². The fourth-order valence-electron chi connectivity index (χ4n) is 1.03. The molecule has 62 valence electrons. The molecule has 0 aromatic rings. The summed E-state index contributed by atoms with van der Waals surface area (Å²) in [5.74, 6) is 2.53. The van der Waals surface area contributed by atoms with Gasteiger partial charge in [-0.05, 0) is 11.8 Å². The van der Waals surface area contributed by atoms with E-state index >= 15 is 0 Å². The van der Waals surface area contributed by atoms with Crippen molar-refractivity contribution in [3.8, 4) is 12.3 Å². The van der Waals surface area contributed by atoms with Crippen LogP contribution in [-0.2, 0) is 4.79 Å². The maximum atomic E-state index is 10.7. The van der Waals surface area contributed by atoms with Gasteiger partial charge < -0.3 is 0 Å². The van der Waals surface area contributed by atoms with E-state index in [1.807, 2.05) is 0 Å². The minimum Gasteiger partial charge on any atom is -0.285 e. The van der Waals surface area contributed by atoms with Crippen LogP contribution in [0.4, 0.5) is 0 Å². The highest BCUT2D eigenvalue weighted by atomic mass is 16.1. The van der Waals surface area contributed by atoms with E-state index in [1.54, 1.807) is 0 Å². The molecule has 1 unspecified atom stereocenters. The largest absolute Gasteiger partial charge is 0.285 e. The molecule has 0 aliphatic carbocycles. The average Bonchev–Trinajstić information content (AvgIpc) is 2.00. The molecule has 0 saturated carbocycles. The summed E-state index contributed by atoms with van der Waals surface area (Å²) in [5, 5.41) is 0. The number of hydrogen-bond acceptors (Lipinski definition) is 1. The zero-order chi connectivity index (χ0) is 8.69. The highest BCUT2D eigenvalue weighted by Gasteiger charge is 2.05. The molecule has 0 aromatic carbocycles. The Morgan fingerprint density at radius 3 is 2.73 bits per heavy atom. The summed E-state index contributed by atoms with van der Waals surface area (Å²) >= 11 is 0. The Morgan fingerprint density at radius 2 is 2.27 bits per heavy atom. The van der Waals surface area contributed by atoms with Crippen LogP contribution in [0.1, 0.15) is 39.5 Å². The normalized spacial score (nSPS) is 12.1. The number of Topliss-reactive ketones (excluding diaryl/α,β-unsaturated/α-hetero) is 1. The van der Waals surface area contributed by atoms with Gasteiger partial charge in [0, 0.05) is 6.42 Å². The molecule has 0 rings (SSSR count). The lowest BCUT2D eigenvalue weighted by Crippen LogP contribution is -2.02. The van der Waals surface area contributed by atoms with Crippen LogP contribution >= 0.6 is 0 Å². The maximum absolute atomic E-state index is 10.7. The predicted molar refractivity (Wildman–Crippen MR) is 47.1 cm³/mol. The monoisotopic (exact) mass is 152 g/mol. The van der Waals surface area contributed by atoms with Crippen LogP contribution in [0.5, 0.6) is 0 Å². The van der Waals surface area contributed by atoms with Crippen molar-refractivity contribution in [1.29, 1.82) is 0 Å². The molecule has 0 aromatic heterocycles. The van der Waals surface area contributed by atoms with E-state index in [-0.39, 0.29) is 5.78 Å². The number of hydrogen-bond donors (Lipinski definition) is 0. The third kappa shape index (κ3) is 5.66. The number of terminal acetylenes is 1. The standard InChI is InChI=1S/C10H16O/c1-4-6-7-9(3)8-10(11)5-2/h2,9H,4,6-8H2,1,3H3. The van der Waals surface area contributed by atoms with Crippen LogP contribution < -0.4 is 0 Å². The van der Waals surface area contributed by atoms with E-state index in [0.717, 1.165) is 6.42 Å². The van der Waals surface area contributed by atoms with Gasteiger partial charge in [0.05, 0.1) is 0 Å². The Morgan fingerprint density at radius 1 is 1.64 bits per heavy atom. The number of rotatable bonds is 5. The summed E-state index contributed by atoms with van der Waals surface area (Å²) in [4.78, 5) is 10.7. The highest BCUT2D eigenvalue weighted by Crippen LogP contribution is 2.11. The molecule has 0 fully saturated rings. The van der Waals surface area contributed by atoms with Gasteiger partial charge in [-0.15, -0.1) is 6.42 Å². The zero-order valence-corrected chi connectivity index (χ0v) is 7.39. The molecular formula is C10H16O. The summed E-state index contributed by atoms with van der Waals surface area (Å²) in [6, 6.07) is 0. The summed E-state index contributed by atoms with van der Waals surface area (Å²) in [6.45, 7) is 4.22. The first-order valence-electron chi connectivity index (χ1n) is 4.20. The molecule has 0 aliphatic rings. The first-order chi connectivity index (χ1) is 5.20. The van der Waals surface area contributed by atoms with Crippen molar-refractivity contribution >= 4 is 5.78 Å². The second-order valence-electron chi connectivity index (χ2n) is 3.02. The lowest BCUT2D eigenvalue weighted by molar-refractivity contribution is -0.114. The average molecular weight is 152 g/mol. The minimum absolute atomic E-state index is 0.0615. The van der Waals surface area contributed by atoms with Crippen LogP contribution in [0.25, 0.3) is 0 Å². The lowest BCUT2D eigenvalue weighted by atomic mass is 9.99. The highest BCUT2D eigenvalue weighted by molar-refractivity contribution is 5.94. The molecule has 1 nitrogen and oxygen atoms in total. The fourth-order valence-corrected chi connectivity index (χ4v) is 1.03. The van der Waals surface area contributed by atoms with Crippen LogP contribution in [0.15, 0.2) is 0 Å². The Labute approximate surface area is 69.2 Å². The van der Waals surface area contributed by atoms with Gasteiger partial charge in [0.15, 0.2) is 0 Å². The molecular weight excluding hydrogens is 136 g/mol. The van der Waals surface area contributed by atoms with Crippen molar-refractivity contribution in [1.82, 2.24) is 0 Å². The summed E-state index contributed by atoms with van der Waals surface area (Å²) in [7, 11) is 0. The quantitative estimate of drug-likeness (QED) is 0.436. The SMILES string of the molecule is C#CC(=O)CC(C)CCCC. The third-order valence-electron chi connectivity index (χ3n) is 1.75. The van der Waals surface area contributed by atoms with Gasteiger partial charge in [0.25, 0.3) is 0 Å². The Hall–Kier alpha value is -0.770. The van der Waals surface area contributed by atoms with Crippen molar-refractivity contribution in [2.24, 2.45) is 5.92 Å². The van der Waals surface area contributed by atoms with E-state index in [0.29, 0.717) is 12.3 Å². The zero-order valence-electron chi connectivity index (χ0n) is 7.39. The van der Waals surface area contributed by atoms with E-state index in [9.17, 15) is 4.79 Å². The molecule has 0 aliphatic heterocycles. The fraction of sp³-hybridized carbons (Fsp3) is 0.700. The predicted octanol–water partition coefficient (Wildman–Crippen LogP) is 2.41. The molecule has 0 radical (unpaired) electrons. The maximum Gasteiger partial charge on any atom is 0.205 e. The molecule has 0 amide bonds. The van der Waals surface area contributed by atoms with Gasteiger partial charge in [0.2, 0.25) is 5.78 Å². The van der Waals surface area contributed by atoms with Crippen molar-refractivity contribution in [3.63, 3.8) is 0 Å². The third-order valence-corrected chi connectivity index (χ3v) is 1.75. The summed E-state index contributed by atoms with van der Waals surface area (Å²) < 4.78 is 0. The van der Waals surface area contributed by atoms with Gasteiger partial charge in [0.1, 0.15) is 0 Å². The first kappa shape index (κ1) is 10.2. The van der Waals surface area contributed by atoms with Crippen LogP contribution in [0.3, 0.4) is 0 Å². The lowest BCUT2D eigenvalue weighted by Gasteiger charge is -2.06. The number of ketones is 1. The second kappa shape index (κ2) is 5.97. The van der Waals surface area contributed by atoms with E-state index in [1.165, 1.54) is 12.8 Å². The Balaban J connectivity index is 3.45. The second-order valence-corrected chi connectivity index (χ2v) is 3.02. The van der Waals surface area contributed by atoms with Crippen molar-refractivity contribution in [2.75, 3.05) is 0 Å². The minimum atomic E-state index is -0.0615. The van der Waals surface area contributed by atoms with E-state index < -0.39 is 0 Å². The topological polar surface area (TPSA) is 17.1 Å². The van der Waals surface area contributed by atoms with E-state index in [4.69, 9.17) is 6.42 Å². The van der Waals surface area contributed by atoms with Gasteiger partial charge >= 0.3 is 0 Å². The van der Waals surface area contributed by atoms with Crippen LogP contribution in [0, 0.1) is 18.3 Å². The molecule has 11 heavy (non-hydrogen) atoms.